The van der Waals surface area contributed by atoms with Crippen molar-refractivity contribution in [2.24, 2.45) is 0 Å². The van der Waals surface area contributed by atoms with E-state index in [9.17, 15) is 0 Å². The summed E-state index contributed by atoms with van der Waals surface area (Å²) >= 11 is 2.00. The molecule has 18 heavy (non-hydrogen) atoms. The van der Waals surface area contributed by atoms with Gasteiger partial charge in [-0.2, -0.15) is 11.8 Å². The lowest BCUT2D eigenvalue weighted by molar-refractivity contribution is 0.511. The largest absolute Gasteiger partial charge is 0.307 e. The van der Waals surface area contributed by atoms with E-state index >= 15 is 0 Å². The SMILES string of the molecule is CCCc1ccc(C(C)NC(C)CSCC)cc1. The third kappa shape index (κ3) is 5.45. The Morgan fingerprint density at radius 3 is 2.33 bits per heavy atom. The van der Waals surface area contributed by atoms with Gasteiger partial charge in [-0.1, -0.05) is 44.5 Å². The molecule has 1 aromatic rings. The molecule has 0 heterocycles. The summed E-state index contributed by atoms with van der Waals surface area (Å²) in [5.74, 6) is 2.39. The molecular weight excluding hydrogens is 238 g/mol. The fourth-order valence-electron chi connectivity index (χ4n) is 2.13. The second-order valence-electron chi connectivity index (χ2n) is 4.94. The lowest BCUT2D eigenvalue weighted by Gasteiger charge is -2.20. The lowest BCUT2D eigenvalue weighted by Crippen LogP contribution is -2.30. The van der Waals surface area contributed by atoms with Crippen molar-refractivity contribution in [1.82, 2.24) is 5.32 Å². The van der Waals surface area contributed by atoms with Crippen LogP contribution in [0.3, 0.4) is 0 Å². The first-order chi connectivity index (χ1) is 8.67. The van der Waals surface area contributed by atoms with E-state index in [4.69, 9.17) is 0 Å². The van der Waals surface area contributed by atoms with Crippen molar-refractivity contribution in [1.29, 1.82) is 0 Å². The Balaban J connectivity index is 2.47. The zero-order valence-electron chi connectivity index (χ0n) is 12.2. The second kappa shape index (κ2) is 8.60. The molecule has 0 radical (unpaired) electrons. The van der Waals surface area contributed by atoms with E-state index in [0.717, 1.165) is 0 Å². The van der Waals surface area contributed by atoms with Gasteiger partial charge in [0.1, 0.15) is 0 Å². The predicted molar refractivity (Wildman–Crippen MR) is 84.4 cm³/mol. The van der Waals surface area contributed by atoms with Gasteiger partial charge in [0.2, 0.25) is 0 Å². The first kappa shape index (κ1) is 15.6. The van der Waals surface area contributed by atoms with Gasteiger partial charge in [0, 0.05) is 17.8 Å². The van der Waals surface area contributed by atoms with Gasteiger partial charge in [0.15, 0.2) is 0 Å². The normalized spacial score (nSPS) is 14.4. The molecule has 102 valence electrons. The van der Waals surface area contributed by atoms with Crippen LogP contribution in [0.5, 0.6) is 0 Å². The zero-order valence-corrected chi connectivity index (χ0v) is 13.0. The first-order valence-electron chi connectivity index (χ1n) is 7.10. The Hall–Kier alpha value is -0.470. The molecule has 0 amide bonds. The van der Waals surface area contributed by atoms with E-state index in [1.165, 1.54) is 35.5 Å². The van der Waals surface area contributed by atoms with Gasteiger partial charge < -0.3 is 5.32 Å². The average Bonchev–Trinajstić information content (AvgIpc) is 2.37. The van der Waals surface area contributed by atoms with Gasteiger partial charge in [-0.3, -0.25) is 0 Å². The smallest absolute Gasteiger partial charge is 0.0294 e. The van der Waals surface area contributed by atoms with Gasteiger partial charge in [0.25, 0.3) is 0 Å². The lowest BCUT2D eigenvalue weighted by atomic mass is 10.0. The minimum Gasteiger partial charge on any atom is -0.307 e. The maximum Gasteiger partial charge on any atom is 0.0294 e. The number of thioether (sulfide) groups is 1. The van der Waals surface area contributed by atoms with Crippen LogP contribution in [-0.2, 0) is 6.42 Å². The van der Waals surface area contributed by atoms with Crippen LogP contribution in [0.2, 0.25) is 0 Å². The standard InChI is InChI=1S/C16H27NS/c1-5-7-15-8-10-16(11-9-15)14(4)17-13(3)12-18-6-2/h8-11,13-14,17H,5-7,12H2,1-4H3. The minimum atomic E-state index is 0.438. The highest BCUT2D eigenvalue weighted by molar-refractivity contribution is 7.99. The molecule has 1 aromatic carbocycles. The topological polar surface area (TPSA) is 12.0 Å². The van der Waals surface area contributed by atoms with Crippen molar-refractivity contribution in [3.8, 4) is 0 Å². The molecule has 0 spiro atoms. The fraction of sp³-hybridized carbons (Fsp3) is 0.625. The number of hydrogen-bond acceptors (Lipinski definition) is 2. The van der Waals surface area contributed by atoms with Crippen molar-refractivity contribution in [2.75, 3.05) is 11.5 Å². The summed E-state index contributed by atoms with van der Waals surface area (Å²) in [7, 11) is 0. The second-order valence-corrected chi connectivity index (χ2v) is 6.26. The van der Waals surface area contributed by atoms with Crippen LogP contribution in [0.1, 0.15) is 51.3 Å². The predicted octanol–water partition coefficient (Wildman–Crippen LogP) is 4.43. The van der Waals surface area contributed by atoms with E-state index in [0.29, 0.717) is 12.1 Å². The van der Waals surface area contributed by atoms with Crippen molar-refractivity contribution in [2.45, 2.75) is 52.6 Å². The van der Waals surface area contributed by atoms with Gasteiger partial charge in [-0.25, -0.2) is 0 Å². The molecule has 0 fully saturated rings. The monoisotopic (exact) mass is 265 g/mol. The maximum atomic E-state index is 3.66. The van der Waals surface area contributed by atoms with Crippen LogP contribution in [-0.4, -0.2) is 17.5 Å². The summed E-state index contributed by atoms with van der Waals surface area (Å²) in [4.78, 5) is 0. The molecule has 0 saturated heterocycles. The molecule has 0 aliphatic heterocycles. The van der Waals surface area contributed by atoms with Crippen LogP contribution in [0, 0.1) is 0 Å². The van der Waals surface area contributed by atoms with Crippen molar-refractivity contribution < 1.29 is 0 Å². The highest BCUT2D eigenvalue weighted by Crippen LogP contribution is 2.15. The Morgan fingerprint density at radius 1 is 1.11 bits per heavy atom. The Morgan fingerprint density at radius 2 is 1.78 bits per heavy atom. The number of aryl methyl sites for hydroxylation is 1. The molecule has 2 unspecified atom stereocenters. The van der Waals surface area contributed by atoms with Crippen LogP contribution >= 0.6 is 11.8 Å². The van der Waals surface area contributed by atoms with E-state index in [1.54, 1.807) is 0 Å². The van der Waals surface area contributed by atoms with E-state index in [-0.39, 0.29) is 0 Å². The molecule has 0 saturated carbocycles. The van der Waals surface area contributed by atoms with Crippen molar-refractivity contribution >= 4 is 11.8 Å². The number of benzene rings is 1. The highest BCUT2D eigenvalue weighted by Gasteiger charge is 2.09. The summed E-state index contributed by atoms with van der Waals surface area (Å²) < 4.78 is 0. The quantitative estimate of drug-likeness (QED) is 0.746. The van der Waals surface area contributed by atoms with Crippen LogP contribution in [0.15, 0.2) is 24.3 Å². The third-order valence-corrected chi connectivity index (χ3v) is 4.27. The first-order valence-corrected chi connectivity index (χ1v) is 8.25. The van der Waals surface area contributed by atoms with Gasteiger partial charge in [-0.15, -0.1) is 0 Å². The zero-order chi connectivity index (χ0) is 13.4. The van der Waals surface area contributed by atoms with E-state index in [1.807, 2.05) is 11.8 Å². The summed E-state index contributed by atoms with van der Waals surface area (Å²) in [5.41, 5.74) is 2.84. The fourth-order valence-corrected chi connectivity index (χ4v) is 2.81. The number of hydrogen-bond donors (Lipinski definition) is 1. The van der Waals surface area contributed by atoms with Crippen LogP contribution in [0.4, 0.5) is 0 Å². The molecule has 1 nitrogen and oxygen atoms in total. The maximum absolute atomic E-state index is 3.66. The molecule has 0 aromatic heterocycles. The summed E-state index contributed by atoms with van der Waals surface area (Å²) in [6.07, 6.45) is 2.41. The van der Waals surface area contributed by atoms with Gasteiger partial charge >= 0.3 is 0 Å². The molecule has 0 aliphatic rings. The third-order valence-electron chi connectivity index (χ3n) is 3.12. The van der Waals surface area contributed by atoms with Crippen molar-refractivity contribution in [3.63, 3.8) is 0 Å². The van der Waals surface area contributed by atoms with Crippen LogP contribution in [0.25, 0.3) is 0 Å². The summed E-state index contributed by atoms with van der Waals surface area (Å²) in [5, 5.41) is 3.66. The van der Waals surface area contributed by atoms with Gasteiger partial charge in [-0.05, 0) is 37.1 Å². The van der Waals surface area contributed by atoms with E-state index < -0.39 is 0 Å². The minimum absolute atomic E-state index is 0.438. The molecule has 0 bridgehead atoms. The molecule has 1 rings (SSSR count). The average molecular weight is 265 g/mol. The number of rotatable bonds is 8. The van der Waals surface area contributed by atoms with Gasteiger partial charge in [0.05, 0.1) is 0 Å². The van der Waals surface area contributed by atoms with Crippen LogP contribution < -0.4 is 5.32 Å². The Labute approximate surface area is 117 Å². The Bertz CT molecular complexity index is 320. The van der Waals surface area contributed by atoms with Crippen molar-refractivity contribution in [3.05, 3.63) is 35.4 Å². The summed E-state index contributed by atoms with van der Waals surface area (Å²) in [6.45, 7) is 8.96. The molecule has 2 heteroatoms. The Kier molecular flexibility index (Phi) is 7.45. The highest BCUT2D eigenvalue weighted by atomic mass is 32.2. The molecule has 2 atom stereocenters. The molecule has 1 N–H and O–H groups in total. The molecular formula is C16H27NS. The molecule has 0 aliphatic carbocycles. The number of nitrogens with one attached hydrogen (secondary N) is 1. The summed E-state index contributed by atoms with van der Waals surface area (Å²) in [6, 6.07) is 10.1. The van der Waals surface area contributed by atoms with E-state index in [2.05, 4.69) is 57.3 Å².